The van der Waals surface area contributed by atoms with Gasteiger partial charge in [-0.2, -0.15) is 9.40 Å². The fraction of sp³-hybridized carbons (Fsp3) is 0.458. The van der Waals surface area contributed by atoms with Gasteiger partial charge in [-0.3, -0.25) is 9.48 Å². The first-order chi connectivity index (χ1) is 16.8. The van der Waals surface area contributed by atoms with Crippen molar-refractivity contribution < 1.29 is 17.9 Å². The van der Waals surface area contributed by atoms with Crippen molar-refractivity contribution in [3.63, 3.8) is 0 Å². The molecule has 0 saturated carbocycles. The number of carbonyl (C=O) groups excluding carboxylic acids is 1. The van der Waals surface area contributed by atoms with Gasteiger partial charge in [-0.1, -0.05) is 0 Å². The molecule has 2 aliphatic rings. The number of fused-ring (bicyclic) bond motifs is 1. The molecule has 4 heterocycles. The summed E-state index contributed by atoms with van der Waals surface area (Å²) in [5, 5.41) is 8.14. The van der Waals surface area contributed by atoms with E-state index in [0.29, 0.717) is 60.0 Å². The van der Waals surface area contributed by atoms with Gasteiger partial charge in [0, 0.05) is 38.9 Å². The number of benzene rings is 1. The van der Waals surface area contributed by atoms with Crippen LogP contribution in [0.2, 0.25) is 0 Å². The minimum Gasteiger partial charge on any atom is -0.379 e. The van der Waals surface area contributed by atoms with Crippen molar-refractivity contribution in [2.75, 3.05) is 49.6 Å². The summed E-state index contributed by atoms with van der Waals surface area (Å²) in [5.41, 5.74) is 3.82. The fourth-order valence-corrected chi connectivity index (χ4v) is 6.32. The van der Waals surface area contributed by atoms with E-state index >= 15 is 0 Å². The summed E-state index contributed by atoms with van der Waals surface area (Å²) >= 11 is 0. The van der Waals surface area contributed by atoms with Gasteiger partial charge in [0.2, 0.25) is 10.0 Å². The number of nitrogens with one attached hydrogen (secondary N) is 1. The molecular weight excluding hydrogens is 468 g/mol. The zero-order chi connectivity index (χ0) is 24.7. The van der Waals surface area contributed by atoms with Crippen LogP contribution in [0.4, 0.5) is 11.4 Å². The molecule has 3 aromatic rings. The Morgan fingerprint density at radius 1 is 1.06 bits per heavy atom. The highest BCUT2D eigenvalue weighted by Gasteiger charge is 2.28. The second-order valence-corrected chi connectivity index (χ2v) is 11.0. The lowest BCUT2D eigenvalue weighted by atomic mass is 10.1. The maximum Gasteiger partial charge on any atom is 0.256 e. The first-order valence-electron chi connectivity index (χ1n) is 11.8. The van der Waals surface area contributed by atoms with Crippen molar-refractivity contribution in [3.8, 4) is 0 Å². The molecule has 0 aliphatic carbocycles. The van der Waals surface area contributed by atoms with Crippen LogP contribution in [-0.2, 0) is 21.8 Å². The Labute approximate surface area is 204 Å². The summed E-state index contributed by atoms with van der Waals surface area (Å²) in [6, 6.07) is 6.76. The number of morpholine rings is 1. The van der Waals surface area contributed by atoms with Gasteiger partial charge >= 0.3 is 0 Å². The summed E-state index contributed by atoms with van der Waals surface area (Å²) < 4.78 is 35.1. The van der Waals surface area contributed by atoms with Gasteiger partial charge in [0.1, 0.15) is 0 Å². The molecule has 2 fully saturated rings. The highest BCUT2D eigenvalue weighted by Crippen LogP contribution is 2.33. The number of carbonyl (C=O) groups is 1. The standard InChI is InChI=1S/C24H30N6O4S/c1-16-14-19(22-17(2)27-28(3)23(22)25-16)24(31)26-20-15-18(6-7-21(20)29-8-4-5-9-29)35(32,33)30-10-12-34-13-11-30/h6-7,14-15H,4-5,8-13H2,1-3H3,(H,26,31). The van der Waals surface area contributed by atoms with Crippen LogP contribution in [-0.4, -0.2) is 72.8 Å². The van der Waals surface area contributed by atoms with Gasteiger partial charge in [-0.25, -0.2) is 13.4 Å². The smallest absolute Gasteiger partial charge is 0.256 e. The topological polar surface area (TPSA) is 110 Å². The Bertz CT molecular complexity index is 1390. The number of anilines is 2. The lowest BCUT2D eigenvalue weighted by Gasteiger charge is -2.27. The average Bonchev–Trinajstić information content (AvgIpc) is 3.47. The Morgan fingerprint density at radius 2 is 1.77 bits per heavy atom. The maximum absolute atomic E-state index is 13.6. The molecule has 1 amide bonds. The number of sulfonamides is 1. The lowest BCUT2D eigenvalue weighted by Crippen LogP contribution is -2.40. The van der Waals surface area contributed by atoms with Crippen molar-refractivity contribution in [2.24, 2.45) is 7.05 Å². The van der Waals surface area contributed by atoms with Gasteiger partial charge < -0.3 is 15.0 Å². The third kappa shape index (κ3) is 4.39. The van der Waals surface area contributed by atoms with E-state index in [0.717, 1.165) is 31.6 Å². The quantitative estimate of drug-likeness (QED) is 0.575. The Hall–Kier alpha value is -3.02. The molecule has 1 N–H and O–H groups in total. The Balaban J connectivity index is 1.56. The minimum atomic E-state index is -3.71. The van der Waals surface area contributed by atoms with Crippen LogP contribution < -0.4 is 10.2 Å². The minimum absolute atomic E-state index is 0.159. The van der Waals surface area contributed by atoms with Crippen LogP contribution in [0.3, 0.4) is 0 Å². The van der Waals surface area contributed by atoms with E-state index in [1.807, 2.05) is 13.8 Å². The summed E-state index contributed by atoms with van der Waals surface area (Å²) in [7, 11) is -1.91. The van der Waals surface area contributed by atoms with E-state index in [4.69, 9.17) is 4.74 Å². The summed E-state index contributed by atoms with van der Waals surface area (Å²) in [6.07, 6.45) is 2.11. The van der Waals surface area contributed by atoms with E-state index in [1.54, 1.807) is 36.0 Å². The molecule has 5 rings (SSSR count). The van der Waals surface area contributed by atoms with Crippen LogP contribution in [0, 0.1) is 13.8 Å². The predicted molar refractivity (Wildman–Crippen MR) is 133 cm³/mol. The predicted octanol–water partition coefficient (Wildman–Crippen LogP) is 2.46. The zero-order valence-corrected chi connectivity index (χ0v) is 21.1. The number of pyridine rings is 1. The van der Waals surface area contributed by atoms with E-state index in [-0.39, 0.29) is 10.8 Å². The Morgan fingerprint density at radius 3 is 2.49 bits per heavy atom. The first kappa shape index (κ1) is 23.7. The molecule has 2 aliphatic heterocycles. The third-order valence-electron chi connectivity index (χ3n) is 6.61. The van der Waals surface area contributed by atoms with E-state index in [9.17, 15) is 13.2 Å². The number of aryl methyl sites for hydroxylation is 3. The third-order valence-corrected chi connectivity index (χ3v) is 8.51. The van der Waals surface area contributed by atoms with E-state index < -0.39 is 10.0 Å². The molecule has 35 heavy (non-hydrogen) atoms. The number of ether oxygens (including phenoxy) is 1. The normalized spacial score (nSPS) is 17.3. The molecule has 186 valence electrons. The fourth-order valence-electron chi connectivity index (χ4n) is 4.88. The SMILES string of the molecule is Cc1cc(C(=O)Nc2cc(S(=O)(=O)N3CCOCC3)ccc2N2CCCC2)c2c(C)nn(C)c2n1. The first-order valence-corrected chi connectivity index (χ1v) is 13.3. The van der Waals surface area contributed by atoms with Crippen LogP contribution >= 0.6 is 0 Å². The second-order valence-electron chi connectivity index (χ2n) is 9.06. The van der Waals surface area contributed by atoms with Gasteiger partial charge in [0.05, 0.1) is 46.1 Å². The molecule has 11 heteroatoms. The maximum atomic E-state index is 13.6. The van der Waals surface area contributed by atoms with Crippen LogP contribution in [0.5, 0.6) is 0 Å². The molecule has 0 radical (unpaired) electrons. The molecule has 0 bridgehead atoms. The molecule has 2 saturated heterocycles. The van der Waals surface area contributed by atoms with Crippen molar-refractivity contribution in [2.45, 2.75) is 31.6 Å². The van der Waals surface area contributed by atoms with Crippen LogP contribution in [0.15, 0.2) is 29.2 Å². The molecule has 10 nitrogen and oxygen atoms in total. The molecule has 2 aromatic heterocycles. The summed E-state index contributed by atoms with van der Waals surface area (Å²) in [6.45, 7) is 6.77. The molecule has 1 aromatic carbocycles. The van der Waals surface area contributed by atoms with Gasteiger partial charge in [0.25, 0.3) is 5.91 Å². The van der Waals surface area contributed by atoms with Gasteiger partial charge in [-0.15, -0.1) is 0 Å². The van der Waals surface area contributed by atoms with Gasteiger partial charge in [-0.05, 0) is 51.0 Å². The summed E-state index contributed by atoms with van der Waals surface area (Å²) in [5.74, 6) is -0.321. The van der Waals surface area contributed by atoms with Crippen LogP contribution in [0.25, 0.3) is 11.0 Å². The second kappa shape index (κ2) is 9.21. The monoisotopic (exact) mass is 498 g/mol. The number of rotatable bonds is 5. The van der Waals surface area contributed by atoms with Crippen molar-refractivity contribution >= 4 is 38.3 Å². The number of hydrogen-bond donors (Lipinski definition) is 1. The molecule has 0 atom stereocenters. The molecule has 0 spiro atoms. The van der Waals surface area contributed by atoms with Gasteiger partial charge in [0.15, 0.2) is 5.65 Å². The molecular formula is C24H30N6O4S. The van der Waals surface area contributed by atoms with Crippen molar-refractivity contribution in [1.29, 1.82) is 0 Å². The average molecular weight is 499 g/mol. The lowest BCUT2D eigenvalue weighted by molar-refractivity contribution is 0.0730. The van der Waals surface area contributed by atoms with E-state index in [2.05, 4.69) is 20.3 Å². The summed E-state index contributed by atoms with van der Waals surface area (Å²) in [4.78, 5) is 20.5. The number of amides is 1. The number of hydrogen-bond acceptors (Lipinski definition) is 7. The van der Waals surface area contributed by atoms with E-state index in [1.165, 1.54) is 4.31 Å². The number of aromatic nitrogens is 3. The zero-order valence-electron chi connectivity index (χ0n) is 20.2. The largest absolute Gasteiger partial charge is 0.379 e. The van der Waals surface area contributed by atoms with Crippen molar-refractivity contribution in [1.82, 2.24) is 19.1 Å². The molecule has 0 unspecified atom stereocenters. The van der Waals surface area contributed by atoms with Crippen LogP contribution in [0.1, 0.15) is 34.6 Å². The highest BCUT2D eigenvalue weighted by atomic mass is 32.2. The number of nitrogens with zero attached hydrogens (tertiary/aromatic N) is 5. The highest BCUT2D eigenvalue weighted by molar-refractivity contribution is 7.89. The Kier molecular flexibility index (Phi) is 6.24. The van der Waals surface area contributed by atoms with Crippen molar-refractivity contribution in [3.05, 3.63) is 41.2 Å².